The van der Waals surface area contributed by atoms with Crippen LogP contribution in [0.25, 0.3) is 0 Å². The number of carbonyl (C=O) groups is 3. The molecule has 2 aliphatic heterocycles. The molecule has 0 bridgehead atoms. The minimum atomic E-state index is -0.149. The molecule has 0 aromatic heterocycles. The molecule has 2 heterocycles. The summed E-state index contributed by atoms with van der Waals surface area (Å²) >= 11 is 0. The smallest absolute Gasteiger partial charge is 0.224 e. The number of nitrogens with zero attached hydrogens (tertiary/aromatic N) is 1. The van der Waals surface area contributed by atoms with E-state index in [0.29, 0.717) is 19.3 Å². The first-order chi connectivity index (χ1) is 11.7. The highest BCUT2D eigenvalue weighted by Crippen LogP contribution is 2.16. The summed E-state index contributed by atoms with van der Waals surface area (Å²) in [6.45, 7) is 1.47. The van der Waals surface area contributed by atoms with Gasteiger partial charge in [-0.15, -0.1) is 0 Å². The molecule has 2 fully saturated rings. The van der Waals surface area contributed by atoms with Crippen molar-refractivity contribution in [2.75, 3.05) is 13.1 Å². The molecule has 6 heteroatoms. The van der Waals surface area contributed by atoms with Crippen molar-refractivity contribution in [2.45, 2.75) is 83.2 Å². The van der Waals surface area contributed by atoms with Gasteiger partial charge in [-0.2, -0.15) is 0 Å². The van der Waals surface area contributed by atoms with Crippen LogP contribution < -0.4 is 10.6 Å². The van der Waals surface area contributed by atoms with Crippen molar-refractivity contribution in [3.05, 3.63) is 0 Å². The molecule has 1 unspecified atom stereocenters. The largest absolute Gasteiger partial charge is 0.356 e. The van der Waals surface area contributed by atoms with Gasteiger partial charge in [-0.1, -0.05) is 12.8 Å². The fraction of sp³-hybridized carbons (Fsp3) is 0.833. The Bertz CT molecular complexity index is 439. The normalized spacial score (nSPS) is 26.1. The number of rotatable bonds is 1. The lowest BCUT2D eigenvalue weighted by Crippen LogP contribution is -2.50. The number of hydrogen-bond acceptors (Lipinski definition) is 3. The third-order valence-corrected chi connectivity index (χ3v) is 4.85. The first kappa shape index (κ1) is 18.7. The van der Waals surface area contributed by atoms with Gasteiger partial charge in [0.1, 0.15) is 6.17 Å². The van der Waals surface area contributed by atoms with Gasteiger partial charge in [-0.3, -0.25) is 14.4 Å². The lowest BCUT2D eigenvalue weighted by molar-refractivity contribution is -0.136. The van der Waals surface area contributed by atoms with Crippen molar-refractivity contribution >= 4 is 17.7 Å². The number of hydrogen-bond donors (Lipinski definition) is 2. The van der Waals surface area contributed by atoms with Gasteiger partial charge in [-0.25, -0.2) is 0 Å². The Hall–Kier alpha value is -1.59. The minimum Gasteiger partial charge on any atom is -0.356 e. The fourth-order valence-corrected chi connectivity index (χ4v) is 3.42. The molecule has 0 saturated carbocycles. The van der Waals surface area contributed by atoms with Gasteiger partial charge in [0.05, 0.1) is 0 Å². The van der Waals surface area contributed by atoms with E-state index in [0.717, 1.165) is 70.9 Å². The standard InChI is InChI=1S/C18H31N3O3/c22-16-10-5-6-12-18(24)21(14-8-2-1-7-13-19-16)15-9-3-4-11-17(23)20-15/h15H,1-14H2,(H,19,22)(H,20,23). The maximum atomic E-state index is 12.7. The van der Waals surface area contributed by atoms with Crippen molar-refractivity contribution in [3.63, 3.8) is 0 Å². The number of nitrogens with one attached hydrogen (secondary N) is 2. The van der Waals surface area contributed by atoms with E-state index in [1.165, 1.54) is 0 Å². The van der Waals surface area contributed by atoms with Crippen LogP contribution in [-0.4, -0.2) is 41.9 Å². The van der Waals surface area contributed by atoms with Crippen molar-refractivity contribution < 1.29 is 14.4 Å². The van der Waals surface area contributed by atoms with E-state index in [4.69, 9.17) is 0 Å². The van der Waals surface area contributed by atoms with Gasteiger partial charge in [0.15, 0.2) is 0 Å². The molecule has 6 nitrogen and oxygen atoms in total. The highest BCUT2D eigenvalue weighted by atomic mass is 16.2. The Balaban J connectivity index is 1.95. The molecule has 2 saturated heterocycles. The molecule has 0 spiro atoms. The molecule has 0 radical (unpaired) electrons. The highest BCUT2D eigenvalue weighted by Gasteiger charge is 2.26. The lowest BCUT2D eigenvalue weighted by Gasteiger charge is -2.32. The summed E-state index contributed by atoms with van der Waals surface area (Å²) < 4.78 is 0. The van der Waals surface area contributed by atoms with E-state index in [2.05, 4.69) is 10.6 Å². The molecule has 136 valence electrons. The van der Waals surface area contributed by atoms with Crippen LogP contribution in [0.3, 0.4) is 0 Å². The van der Waals surface area contributed by atoms with E-state index in [9.17, 15) is 14.4 Å². The minimum absolute atomic E-state index is 0.0568. The quantitative estimate of drug-likeness (QED) is 0.769. The average molecular weight is 337 g/mol. The summed E-state index contributed by atoms with van der Waals surface area (Å²) in [5, 5.41) is 5.96. The van der Waals surface area contributed by atoms with Crippen LogP contribution in [0.15, 0.2) is 0 Å². The van der Waals surface area contributed by atoms with E-state index in [1.54, 1.807) is 0 Å². The lowest BCUT2D eigenvalue weighted by atomic mass is 10.1. The van der Waals surface area contributed by atoms with E-state index >= 15 is 0 Å². The second-order valence-corrected chi connectivity index (χ2v) is 6.89. The van der Waals surface area contributed by atoms with Crippen LogP contribution in [0.5, 0.6) is 0 Å². The van der Waals surface area contributed by atoms with Gasteiger partial charge >= 0.3 is 0 Å². The third-order valence-electron chi connectivity index (χ3n) is 4.85. The van der Waals surface area contributed by atoms with E-state index in [-0.39, 0.29) is 23.9 Å². The van der Waals surface area contributed by atoms with Crippen LogP contribution in [0.1, 0.15) is 77.0 Å². The molecule has 2 N–H and O–H groups in total. The summed E-state index contributed by atoms with van der Waals surface area (Å²) in [7, 11) is 0. The Morgan fingerprint density at radius 2 is 1.46 bits per heavy atom. The Morgan fingerprint density at radius 1 is 0.750 bits per heavy atom. The molecule has 2 rings (SSSR count). The first-order valence-electron chi connectivity index (χ1n) is 9.52. The van der Waals surface area contributed by atoms with Crippen molar-refractivity contribution in [1.29, 1.82) is 0 Å². The molecule has 24 heavy (non-hydrogen) atoms. The second-order valence-electron chi connectivity index (χ2n) is 6.89. The topological polar surface area (TPSA) is 78.5 Å². The molecule has 3 amide bonds. The van der Waals surface area contributed by atoms with Crippen LogP contribution in [0.2, 0.25) is 0 Å². The first-order valence-corrected chi connectivity index (χ1v) is 9.52. The van der Waals surface area contributed by atoms with E-state index < -0.39 is 0 Å². The summed E-state index contributed by atoms with van der Waals surface area (Å²) in [4.78, 5) is 38.1. The Morgan fingerprint density at radius 3 is 2.33 bits per heavy atom. The Labute approximate surface area is 144 Å². The zero-order valence-electron chi connectivity index (χ0n) is 14.6. The maximum absolute atomic E-state index is 12.7. The molecule has 2 aliphatic rings. The zero-order valence-corrected chi connectivity index (χ0v) is 14.6. The third kappa shape index (κ3) is 6.49. The summed E-state index contributed by atoms with van der Waals surface area (Å²) in [5.74, 6) is 0.258. The number of amides is 3. The molecular formula is C18H31N3O3. The summed E-state index contributed by atoms with van der Waals surface area (Å²) in [6, 6.07) is 0. The SMILES string of the molecule is O=C1CCCCC(=O)N(C2CCCCC(=O)N2)CCCCCCN1. The molecule has 0 aliphatic carbocycles. The molecule has 0 aromatic carbocycles. The van der Waals surface area contributed by atoms with Gasteiger partial charge < -0.3 is 15.5 Å². The van der Waals surface area contributed by atoms with Gasteiger partial charge in [0, 0.05) is 32.4 Å². The molecule has 0 aromatic rings. The van der Waals surface area contributed by atoms with Gasteiger partial charge in [-0.05, 0) is 44.9 Å². The predicted octanol–water partition coefficient (Wildman–Crippen LogP) is 2.08. The predicted molar refractivity (Wildman–Crippen MR) is 92.1 cm³/mol. The molecular weight excluding hydrogens is 306 g/mol. The fourth-order valence-electron chi connectivity index (χ4n) is 3.42. The second kappa shape index (κ2) is 10.3. The van der Waals surface area contributed by atoms with Crippen LogP contribution in [0.4, 0.5) is 0 Å². The summed E-state index contributed by atoms with van der Waals surface area (Å²) in [5.41, 5.74) is 0. The summed E-state index contributed by atoms with van der Waals surface area (Å²) in [6.07, 6.45) is 9.59. The van der Waals surface area contributed by atoms with Crippen LogP contribution in [-0.2, 0) is 14.4 Å². The molecule has 1 atom stereocenters. The maximum Gasteiger partial charge on any atom is 0.224 e. The van der Waals surface area contributed by atoms with Crippen LogP contribution >= 0.6 is 0 Å². The highest BCUT2D eigenvalue weighted by molar-refractivity contribution is 5.79. The van der Waals surface area contributed by atoms with Crippen molar-refractivity contribution in [1.82, 2.24) is 15.5 Å². The zero-order chi connectivity index (χ0) is 17.2. The van der Waals surface area contributed by atoms with Crippen molar-refractivity contribution in [3.8, 4) is 0 Å². The van der Waals surface area contributed by atoms with Crippen LogP contribution in [0, 0.1) is 0 Å². The Kier molecular flexibility index (Phi) is 8.05. The van der Waals surface area contributed by atoms with Crippen molar-refractivity contribution in [2.24, 2.45) is 0 Å². The van der Waals surface area contributed by atoms with E-state index in [1.807, 2.05) is 4.90 Å². The van der Waals surface area contributed by atoms with Gasteiger partial charge in [0.25, 0.3) is 0 Å². The number of carbonyl (C=O) groups excluding carboxylic acids is 3. The monoisotopic (exact) mass is 337 g/mol. The average Bonchev–Trinajstić information content (AvgIpc) is 2.77. The van der Waals surface area contributed by atoms with Gasteiger partial charge in [0.2, 0.25) is 17.7 Å².